The minimum Gasteiger partial charge on any atom is -0.247 e. The van der Waals surface area contributed by atoms with Crippen molar-refractivity contribution in [2.75, 3.05) is 0 Å². The first-order valence-electron chi connectivity index (χ1n) is 6.29. The fourth-order valence-corrected chi connectivity index (χ4v) is 2.20. The molecule has 17 heavy (non-hydrogen) atoms. The van der Waals surface area contributed by atoms with Crippen LogP contribution >= 0.6 is 0 Å². The standard InChI is InChI=1S/C15H20N2/c1-11(2)13-7-5-6-8-14(13)17-10-9-16-15(17)12(3)4/h5-12H,1-4H3/p+1. The molecule has 0 saturated heterocycles. The SMILES string of the molecule is CC(C)c1ccccc1-[n+]1cc[nH]c1C(C)C. The third-order valence-electron chi connectivity index (χ3n) is 3.08. The summed E-state index contributed by atoms with van der Waals surface area (Å²) in [7, 11) is 0. The van der Waals surface area contributed by atoms with Gasteiger partial charge >= 0.3 is 0 Å². The average Bonchev–Trinajstić information content (AvgIpc) is 2.77. The molecular formula is C15H21N2+. The molecule has 0 fully saturated rings. The van der Waals surface area contributed by atoms with Crippen molar-refractivity contribution in [3.05, 3.63) is 48.0 Å². The van der Waals surface area contributed by atoms with Crippen LogP contribution in [0.5, 0.6) is 0 Å². The van der Waals surface area contributed by atoms with Gasteiger partial charge in [-0.2, -0.15) is 4.57 Å². The third kappa shape index (κ3) is 2.26. The van der Waals surface area contributed by atoms with E-state index in [1.807, 2.05) is 6.20 Å². The molecule has 0 aliphatic carbocycles. The Morgan fingerprint density at radius 3 is 2.35 bits per heavy atom. The van der Waals surface area contributed by atoms with E-state index < -0.39 is 0 Å². The highest BCUT2D eigenvalue weighted by atomic mass is 15.1. The molecule has 2 rings (SSSR count). The predicted octanol–water partition coefficient (Wildman–Crippen LogP) is 3.54. The van der Waals surface area contributed by atoms with Gasteiger partial charge in [-0.3, -0.25) is 0 Å². The lowest BCUT2D eigenvalue weighted by atomic mass is 10.0. The van der Waals surface area contributed by atoms with Crippen molar-refractivity contribution in [1.29, 1.82) is 0 Å². The number of imidazole rings is 1. The van der Waals surface area contributed by atoms with Crippen LogP contribution in [-0.4, -0.2) is 4.98 Å². The number of para-hydroxylation sites is 1. The summed E-state index contributed by atoms with van der Waals surface area (Å²) in [4.78, 5) is 3.33. The Kier molecular flexibility index (Phi) is 3.32. The van der Waals surface area contributed by atoms with Crippen LogP contribution in [0.3, 0.4) is 0 Å². The van der Waals surface area contributed by atoms with Gasteiger partial charge in [0.05, 0.1) is 5.92 Å². The van der Waals surface area contributed by atoms with Crippen LogP contribution in [0.1, 0.15) is 50.9 Å². The fourth-order valence-electron chi connectivity index (χ4n) is 2.20. The molecule has 1 heterocycles. The third-order valence-corrected chi connectivity index (χ3v) is 3.08. The van der Waals surface area contributed by atoms with Gasteiger partial charge in [0.1, 0.15) is 18.1 Å². The van der Waals surface area contributed by atoms with E-state index in [4.69, 9.17) is 0 Å². The number of nitrogens with zero attached hydrogens (tertiary/aromatic N) is 1. The van der Waals surface area contributed by atoms with Crippen molar-refractivity contribution in [1.82, 2.24) is 4.98 Å². The smallest absolute Gasteiger partial charge is 0.247 e. The van der Waals surface area contributed by atoms with Gasteiger partial charge in [0.2, 0.25) is 0 Å². The first-order chi connectivity index (χ1) is 8.11. The molecule has 0 bridgehead atoms. The summed E-state index contributed by atoms with van der Waals surface area (Å²) >= 11 is 0. The zero-order valence-electron chi connectivity index (χ0n) is 11.1. The van der Waals surface area contributed by atoms with Crippen LogP contribution in [-0.2, 0) is 0 Å². The minimum absolute atomic E-state index is 0.491. The Labute approximate surface area is 103 Å². The molecule has 2 heteroatoms. The molecule has 1 aromatic carbocycles. The first-order valence-corrected chi connectivity index (χ1v) is 6.29. The summed E-state index contributed by atoms with van der Waals surface area (Å²) in [5.41, 5.74) is 2.67. The van der Waals surface area contributed by atoms with E-state index in [9.17, 15) is 0 Å². The van der Waals surface area contributed by atoms with Crippen LogP contribution in [0, 0.1) is 0 Å². The number of benzene rings is 1. The molecule has 0 saturated carbocycles. The Morgan fingerprint density at radius 1 is 1.00 bits per heavy atom. The van der Waals surface area contributed by atoms with Gasteiger partial charge in [-0.15, -0.1) is 0 Å². The average molecular weight is 229 g/mol. The van der Waals surface area contributed by atoms with Crippen molar-refractivity contribution in [2.45, 2.75) is 39.5 Å². The summed E-state index contributed by atoms with van der Waals surface area (Å²) in [5, 5.41) is 0. The van der Waals surface area contributed by atoms with Crippen molar-refractivity contribution < 1.29 is 4.57 Å². The molecule has 1 aromatic heterocycles. The second-order valence-corrected chi connectivity index (χ2v) is 5.08. The molecule has 0 spiro atoms. The topological polar surface area (TPSA) is 19.7 Å². The molecular weight excluding hydrogens is 208 g/mol. The maximum atomic E-state index is 3.33. The summed E-state index contributed by atoms with van der Waals surface area (Å²) < 4.78 is 2.26. The molecule has 2 nitrogen and oxygen atoms in total. The van der Waals surface area contributed by atoms with Gasteiger partial charge in [0, 0.05) is 5.56 Å². The number of hydrogen-bond acceptors (Lipinski definition) is 0. The molecule has 0 unspecified atom stereocenters. The van der Waals surface area contributed by atoms with E-state index in [1.54, 1.807) is 0 Å². The Morgan fingerprint density at radius 2 is 1.71 bits per heavy atom. The van der Waals surface area contributed by atoms with E-state index in [0.29, 0.717) is 11.8 Å². The number of aromatic amines is 1. The van der Waals surface area contributed by atoms with Gasteiger partial charge in [-0.25, -0.2) is 4.98 Å². The maximum Gasteiger partial charge on any atom is 0.261 e. The Bertz CT molecular complexity index is 495. The van der Waals surface area contributed by atoms with E-state index >= 15 is 0 Å². The molecule has 1 N–H and O–H groups in total. The van der Waals surface area contributed by atoms with E-state index in [0.717, 1.165) is 0 Å². The van der Waals surface area contributed by atoms with Gasteiger partial charge in [-0.05, 0) is 12.0 Å². The fraction of sp³-hybridized carbons (Fsp3) is 0.400. The molecule has 0 aliphatic heterocycles. The van der Waals surface area contributed by atoms with Crippen LogP contribution < -0.4 is 4.57 Å². The highest BCUT2D eigenvalue weighted by Crippen LogP contribution is 2.20. The molecule has 0 atom stereocenters. The summed E-state index contributed by atoms with van der Waals surface area (Å²) in [6.45, 7) is 8.89. The van der Waals surface area contributed by atoms with E-state index in [2.05, 4.69) is 67.7 Å². The molecule has 2 aromatic rings. The predicted molar refractivity (Wildman–Crippen MR) is 70.5 cm³/mol. The Balaban J connectivity index is 2.56. The largest absolute Gasteiger partial charge is 0.261 e. The van der Waals surface area contributed by atoms with Crippen LogP contribution in [0.4, 0.5) is 0 Å². The normalized spacial score (nSPS) is 11.4. The lowest BCUT2D eigenvalue weighted by Crippen LogP contribution is -2.35. The number of nitrogens with one attached hydrogen (secondary N) is 1. The van der Waals surface area contributed by atoms with E-state index in [1.165, 1.54) is 17.1 Å². The highest BCUT2D eigenvalue weighted by Gasteiger charge is 2.19. The quantitative estimate of drug-likeness (QED) is 0.777. The first kappa shape index (κ1) is 11.9. The van der Waals surface area contributed by atoms with Crippen LogP contribution in [0.15, 0.2) is 36.7 Å². The number of aromatic nitrogens is 2. The zero-order valence-corrected chi connectivity index (χ0v) is 11.1. The summed E-state index contributed by atoms with van der Waals surface area (Å²) in [6.07, 6.45) is 4.11. The highest BCUT2D eigenvalue weighted by molar-refractivity contribution is 5.36. The maximum absolute atomic E-state index is 3.33. The molecule has 90 valence electrons. The van der Waals surface area contributed by atoms with E-state index in [-0.39, 0.29) is 0 Å². The number of H-pyrrole nitrogens is 1. The van der Waals surface area contributed by atoms with Crippen molar-refractivity contribution in [2.24, 2.45) is 0 Å². The summed E-state index contributed by atoms with van der Waals surface area (Å²) in [6, 6.07) is 8.62. The summed E-state index contributed by atoms with van der Waals surface area (Å²) in [5.74, 6) is 2.27. The van der Waals surface area contributed by atoms with Crippen molar-refractivity contribution in [3.63, 3.8) is 0 Å². The number of rotatable bonds is 3. The Hall–Kier alpha value is -1.57. The van der Waals surface area contributed by atoms with Gasteiger partial charge in [-0.1, -0.05) is 45.9 Å². The minimum atomic E-state index is 0.491. The second kappa shape index (κ2) is 4.74. The molecule has 0 aliphatic rings. The van der Waals surface area contributed by atoms with Crippen molar-refractivity contribution >= 4 is 0 Å². The lowest BCUT2D eigenvalue weighted by molar-refractivity contribution is -0.604. The monoisotopic (exact) mass is 229 g/mol. The second-order valence-electron chi connectivity index (χ2n) is 5.08. The van der Waals surface area contributed by atoms with Crippen molar-refractivity contribution in [3.8, 4) is 5.69 Å². The molecule has 0 amide bonds. The lowest BCUT2D eigenvalue weighted by Gasteiger charge is -2.11. The number of hydrogen-bond donors (Lipinski definition) is 1. The molecule has 0 radical (unpaired) electrons. The van der Waals surface area contributed by atoms with Crippen LogP contribution in [0.25, 0.3) is 5.69 Å². The van der Waals surface area contributed by atoms with Crippen LogP contribution in [0.2, 0.25) is 0 Å². The zero-order chi connectivity index (χ0) is 12.4. The van der Waals surface area contributed by atoms with Gasteiger partial charge < -0.3 is 0 Å². The van der Waals surface area contributed by atoms with Gasteiger partial charge in [0.15, 0.2) is 0 Å². The van der Waals surface area contributed by atoms with Gasteiger partial charge in [0.25, 0.3) is 5.82 Å².